The lowest BCUT2D eigenvalue weighted by molar-refractivity contribution is -0.150. The maximum atomic E-state index is 12.8. The summed E-state index contributed by atoms with van der Waals surface area (Å²) in [5.74, 6) is -2.57. The van der Waals surface area contributed by atoms with E-state index in [9.17, 15) is 19.5 Å². The first-order valence-electron chi connectivity index (χ1n) is 7.54. The molecule has 0 fully saturated rings. The third kappa shape index (κ3) is 4.54. The van der Waals surface area contributed by atoms with Crippen LogP contribution in [0.15, 0.2) is 12.2 Å². The summed E-state index contributed by atoms with van der Waals surface area (Å²) in [6, 6.07) is 0. The molecular weight excluding hydrogens is 330 g/mol. The summed E-state index contributed by atoms with van der Waals surface area (Å²) >= 11 is 0. The van der Waals surface area contributed by atoms with Gasteiger partial charge in [-0.3, -0.25) is 14.4 Å². The summed E-state index contributed by atoms with van der Waals surface area (Å²) in [7, 11) is -4.92. The Morgan fingerprint density at radius 2 is 1.48 bits per heavy atom. The van der Waals surface area contributed by atoms with Crippen LogP contribution in [0.4, 0.5) is 0 Å². The Morgan fingerprint density at radius 3 is 1.70 bits per heavy atom. The molecule has 6 nitrogen and oxygen atoms in total. The van der Waals surface area contributed by atoms with Gasteiger partial charge in [-0.05, 0) is 13.3 Å². The van der Waals surface area contributed by atoms with Crippen LogP contribution in [0.25, 0.3) is 0 Å². The van der Waals surface area contributed by atoms with Crippen LogP contribution >= 0.6 is 0 Å². The fraction of sp³-hybridized carbons (Fsp3) is 0.667. The number of aliphatic carboxylic acids is 2. The van der Waals surface area contributed by atoms with E-state index in [0.717, 1.165) is 0 Å². The zero-order chi connectivity index (χ0) is 18.8. The largest absolute Gasteiger partial charge is 0.481 e. The highest BCUT2D eigenvalue weighted by Crippen LogP contribution is 2.37. The molecule has 8 heteroatoms. The van der Waals surface area contributed by atoms with E-state index in [1.165, 1.54) is 4.57 Å². The lowest BCUT2D eigenvalue weighted by Gasteiger charge is -2.53. The number of hydrogen-bond acceptors (Lipinski definition) is 3. The molecule has 0 radical (unpaired) electrons. The second-order valence-electron chi connectivity index (χ2n) is 7.90. The first-order chi connectivity index (χ1) is 10.1. The number of hydrogen-bond donors (Lipinski definition) is 2. The van der Waals surface area contributed by atoms with E-state index >= 15 is 0 Å². The maximum Gasteiger partial charge on any atom is 0.325 e. The standard InChI is InChI=1S/C15H29NO5Si2/c1-11(2)13(19)16(23(6,7)8)15(14(20)21,22(3,4)5)10-9-12(17)18/h1,9-10H2,2-8H3,(H,17,18)(H,20,21)/t15-/m1/s1. The van der Waals surface area contributed by atoms with E-state index in [0.29, 0.717) is 0 Å². The average Bonchev–Trinajstić information content (AvgIpc) is 2.29. The minimum absolute atomic E-state index is 0.0866. The molecule has 2 N–H and O–H groups in total. The topological polar surface area (TPSA) is 94.9 Å². The Morgan fingerprint density at radius 1 is 1.04 bits per heavy atom. The summed E-state index contributed by atoms with van der Waals surface area (Å²) in [5, 5.41) is 17.7. The summed E-state index contributed by atoms with van der Waals surface area (Å²) in [4.78, 5) is 36.2. The molecule has 0 spiro atoms. The zero-order valence-electron chi connectivity index (χ0n) is 15.2. The van der Waals surface area contributed by atoms with Crippen molar-refractivity contribution in [1.29, 1.82) is 0 Å². The Bertz CT molecular complexity index is 519. The van der Waals surface area contributed by atoms with Gasteiger partial charge in [0, 0.05) is 12.0 Å². The second-order valence-corrected chi connectivity index (χ2v) is 18.0. The van der Waals surface area contributed by atoms with Gasteiger partial charge in [-0.1, -0.05) is 45.9 Å². The van der Waals surface area contributed by atoms with Gasteiger partial charge in [-0.25, -0.2) is 0 Å². The first-order valence-corrected chi connectivity index (χ1v) is 14.5. The van der Waals surface area contributed by atoms with Crippen LogP contribution in [-0.4, -0.2) is 54.1 Å². The fourth-order valence-electron chi connectivity index (χ4n) is 2.87. The minimum atomic E-state index is -2.51. The van der Waals surface area contributed by atoms with E-state index in [1.807, 2.05) is 39.3 Å². The molecule has 0 unspecified atom stereocenters. The SMILES string of the molecule is C=C(C)C(=O)N([C@@](CCC(=O)O)(C(=O)O)[Si](C)(C)C)[Si](C)(C)C. The number of carboxylic acid groups (broad SMARTS) is 2. The van der Waals surface area contributed by atoms with Crippen molar-refractivity contribution in [2.75, 3.05) is 0 Å². The molecule has 0 bridgehead atoms. The van der Waals surface area contributed by atoms with Gasteiger partial charge in [-0.15, -0.1) is 0 Å². The Labute approximate surface area is 140 Å². The summed E-state index contributed by atoms with van der Waals surface area (Å²) < 4.78 is 1.49. The molecule has 1 atom stereocenters. The highest BCUT2D eigenvalue weighted by Gasteiger charge is 2.58. The van der Waals surface area contributed by atoms with Crippen LogP contribution in [0.1, 0.15) is 19.8 Å². The summed E-state index contributed by atoms with van der Waals surface area (Å²) in [6.45, 7) is 16.5. The average molecular weight is 360 g/mol. The molecule has 23 heavy (non-hydrogen) atoms. The predicted molar refractivity (Wildman–Crippen MR) is 95.6 cm³/mol. The number of carbonyl (C=O) groups is 3. The number of amides is 1. The molecule has 0 heterocycles. The fourth-order valence-corrected chi connectivity index (χ4v) is 9.33. The predicted octanol–water partition coefficient (Wildman–Crippen LogP) is 2.79. The van der Waals surface area contributed by atoms with Crippen LogP contribution in [0, 0.1) is 0 Å². The summed E-state index contributed by atoms with van der Waals surface area (Å²) in [6.07, 6.45) is -0.377. The van der Waals surface area contributed by atoms with Gasteiger partial charge in [0.1, 0.15) is 5.16 Å². The van der Waals surface area contributed by atoms with Gasteiger partial charge in [0.2, 0.25) is 5.91 Å². The maximum absolute atomic E-state index is 12.8. The van der Waals surface area contributed by atoms with Crippen LogP contribution in [0.2, 0.25) is 39.3 Å². The monoisotopic (exact) mass is 359 g/mol. The van der Waals surface area contributed by atoms with Crippen LogP contribution < -0.4 is 0 Å². The molecule has 0 aromatic rings. The highest BCUT2D eigenvalue weighted by atomic mass is 28.3. The highest BCUT2D eigenvalue weighted by molar-refractivity contribution is 6.86. The van der Waals surface area contributed by atoms with Crippen LogP contribution in [0.5, 0.6) is 0 Å². The normalized spacial score (nSPS) is 14.7. The first kappa shape index (κ1) is 21.6. The molecule has 0 saturated carbocycles. The van der Waals surface area contributed by atoms with E-state index in [2.05, 4.69) is 6.58 Å². The van der Waals surface area contributed by atoms with Crippen LogP contribution in [-0.2, 0) is 14.4 Å². The second kappa shape index (κ2) is 7.00. The Kier molecular flexibility index (Phi) is 6.57. The smallest absolute Gasteiger partial charge is 0.325 e. The lowest BCUT2D eigenvalue weighted by Crippen LogP contribution is -2.75. The molecule has 132 valence electrons. The van der Waals surface area contributed by atoms with E-state index < -0.39 is 33.4 Å². The molecule has 1 amide bonds. The van der Waals surface area contributed by atoms with Gasteiger partial charge < -0.3 is 14.8 Å². The van der Waals surface area contributed by atoms with E-state index in [1.54, 1.807) is 6.92 Å². The van der Waals surface area contributed by atoms with Crippen molar-refractivity contribution >= 4 is 34.2 Å². The number of carboxylic acids is 2. The molecule has 0 rings (SSSR count). The molecular formula is C15H29NO5Si2. The van der Waals surface area contributed by atoms with E-state index in [4.69, 9.17) is 5.11 Å². The van der Waals surface area contributed by atoms with E-state index in [-0.39, 0.29) is 24.3 Å². The lowest BCUT2D eigenvalue weighted by atomic mass is 10.1. The number of carbonyl (C=O) groups excluding carboxylic acids is 1. The van der Waals surface area contributed by atoms with Crippen molar-refractivity contribution in [3.05, 3.63) is 12.2 Å². The van der Waals surface area contributed by atoms with Gasteiger partial charge in [0.05, 0.1) is 8.07 Å². The number of rotatable bonds is 8. The van der Waals surface area contributed by atoms with Crippen molar-refractivity contribution in [2.45, 2.75) is 64.2 Å². The van der Waals surface area contributed by atoms with Crippen molar-refractivity contribution in [3.63, 3.8) is 0 Å². The van der Waals surface area contributed by atoms with Crippen molar-refractivity contribution in [2.24, 2.45) is 0 Å². The number of nitrogens with zero attached hydrogens (tertiary/aromatic N) is 1. The molecule has 0 aromatic carbocycles. The van der Waals surface area contributed by atoms with Crippen molar-refractivity contribution in [3.8, 4) is 0 Å². The zero-order valence-corrected chi connectivity index (χ0v) is 17.2. The third-order valence-corrected chi connectivity index (χ3v) is 9.23. The van der Waals surface area contributed by atoms with Crippen molar-refractivity contribution in [1.82, 2.24) is 4.57 Å². The molecule has 0 aromatic heterocycles. The molecule has 0 saturated heterocycles. The third-order valence-electron chi connectivity index (χ3n) is 3.92. The molecule has 0 aliphatic carbocycles. The molecule has 0 aliphatic rings. The Hall–Kier alpha value is -1.42. The van der Waals surface area contributed by atoms with Gasteiger partial charge in [0.15, 0.2) is 8.24 Å². The quantitative estimate of drug-likeness (QED) is 0.513. The van der Waals surface area contributed by atoms with Gasteiger partial charge in [-0.2, -0.15) is 0 Å². The Balaban J connectivity index is 6.55. The minimum Gasteiger partial charge on any atom is -0.481 e. The van der Waals surface area contributed by atoms with Gasteiger partial charge >= 0.3 is 11.9 Å². The molecule has 0 aliphatic heterocycles. The summed E-state index contributed by atoms with van der Waals surface area (Å²) in [5.41, 5.74) is 0.270. The van der Waals surface area contributed by atoms with Crippen LogP contribution in [0.3, 0.4) is 0 Å². The van der Waals surface area contributed by atoms with Gasteiger partial charge in [0.25, 0.3) is 0 Å². The van der Waals surface area contributed by atoms with Crippen molar-refractivity contribution < 1.29 is 24.6 Å².